The molecule has 1 aliphatic carbocycles. The number of aromatic nitrogens is 2. The number of fused-ring (bicyclic) bond motifs is 1. The Kier molecular flexibility index (Phi) is 7.74. The predicted octanol–water partition coefficient (Wildman–Crippen LogP) is 3.28. The van der Waals surface area contributed by atoms with Gasteiger partial charge >= 0.3 is 0 Å². The highest BCUT2D eigenvalue weighted by molar-refractivity contribution is 5.96. The van der Waals surface area contributed by atoms with Crippen LogP contribution in [-0.2, 0) is 6.54 Å². The molecule has 0 spiro atoms. The molecular weight excluding hydrogens is 476 g/mol. The largest absolute Gasteiger partial charge is 0.370 e. The number of likely N-dealkylation sites (N-methyl/N-ethyl adjacent to an activating group) is 1. The van der Waals surface area contributed by atoms with E-state index in [0.29, 0.717) is 5.82 Å². The Morgan fingerprint density at radius 1 is 1.11 bits per heavy atom. The average Bonchev–Trinajstić information content (AvgIpc) is 3.37. The monoisotopic (exact) mass is 514 g/mol. The fourth-order valence-electron chi connectivity index (χ4n) is 5.69. The van der Waals surface area contributed by atoms with Crippen LogP contribution in [0.15, 0.2) is 53.5 Å². The van der Waals surface area contributed by atoms with Crippen molar-refractivity contribution in [2.75, 3.05) is 25.5 Å². The summed E-state index contributed by atoms with van der Waals surface area (Å²) in [6.45, 7) is 4.71. The van der Waals surface area contributed by atoms with Crippen LogP contribution in [0.3, 0.4) is 0 Å². The van der Waals surface area contributed by atoms with Crippen LogP contribution in [0.1, 0.15) is 53.8 Å². The van der Waals surface area contributed by atoms with Gasteiger partial charge in [0.25, 0.3) is 5.91 Å². The van der Waals surface area contributed by atoms with Crippen LogP contribution < -0.4 is 16.8 Å². The molecule has 0 bridgehead atoms. The molecule has 0 radical (unpaired) electrons. The first-order valence-electron chi connectivity index (χ1n) is 13.5. The van der Waals surface area contributed by atoms with Crippen LogP contribution in [0.2, 0.25) is 0 Å². The fourth-order valence-corrected chi connectivity index (χ4v) is 5.69. The maximum Gasteiger partial charge on any atom is 0.291 e. The van der Waals surface area contributed by atoms with E-state index < -0.39 is 0 Å². The maximum absolute atomic E-state index is 13.7. The highest BCUT2D eigenvalue weighted by Crippen LogP contribution is 2.29. The molecule has 3 atom stereocenters. The van der Waals surface area contributed by atoms with Crippen molar-refractivity contribution >= 4 is 28.6 Å². The molecular formula is C29H38N8O. The second-order valence-electron chi connectivity index (χ2n) is 10.7. The summed E-state index contributed by atoms with van der Waals surface area (Å²) in [5, 5.41) is 4.49. The number of hydrogen-bond donors (Lipinski definition) is 3. The van der Waals surface area contributed by atoms with Gasteiger partial charge in [0.2, 0.25) is 5.82 Å². The molecule has 1 saturated heterocycles. The Balaban J connectivity index is 1.37. The third-order valence-electron chi connectivity index (χ3n) is 7.77. The molecule has 2 aliphatic rings. The molecule has 1 aromatic heterocycles. The highest BCUT2D eigenvalue weighted by Gasteiger charge is 2.31. The summed E-state index contributed by atoms with van der Waals surface area (Å²) in [4.78, 5) is 31.8. The van der Waals surface area contributed by atoms with Crippen molar-refractivity contribution in [2.24, 2.45) is 16.5 Å². The Labute approximate surface area is 224 Å². The number of nitrogens with one attached hydrogen (secondary N) is 1. The van der Waals surface area contributed by atoms with Gasteiger partial charge in [-0.15, -0.1) is 0 Å². The molecule has 5 rings (SSSR count). The topological polar surface area (TPSA) is 126 Å². The van der Waals surface area contributed by atoms with Gasteiger partial charge in [0.15, 0.2) is 5.96 Å². The smallest absolute Gasteiger partial charge is 0.291 e. The molecule has 2 aromatic carbocycles. The average molecular weight is 515 g/mol. The number of aryl methyl sites for hydroxylation is 1. The zero-order valence-corrected chi connectivity index (χ0v) is 22.3. The Hall–Kier alpha value is -3.72. The number of amides is 1. The lowest BCUT2D eigenvalue weighted by Crippen LogP contribution is -2.40. The fraction of sp³-hybridized carbons (Fsp3) is 0.448. The summed E-state index contributed by atoms with van der Waals surface area (Å²) in [5.74, 6) is 0.811. The van der Waals surface area contributed by atoms with Crippen LogP contribution in [0.5, 0.6) is 0 Å². The number of nitrogens with zero attached hydrogens (tertiary/aromatic N) is 5. The number of guanidine groups is 1. The van der Waals surface area contributed by atoms with Crippen molar-refractivity contribution in [2.45, 2.75) is 63.7 Å². The van der Waals surface area contributed by atoms with Gasteiger partial charge in [-0.25, -0.2) is 15.0 Å². The first kappa shape index (κ1) is 25.9. The van der Waals surface area contributed by atoms with Crippen molar-refractivity contribution in [1.82, 2.24) is 19.8 Å². The van der Waals surface area contributed by atoms with E-state index in [1.807, 2.05) is 37.1 Å². The van der Waals surface area contributed by atoms with Gasteiger partial charge in [0.1, 0.15) is 5.82 Å². The van der Waals surface area contributed by atoms with Gasteiger partial charge in [0, 0.05) is 38.1 Å². The van der Waals surface area contributed by atoms with Gasteiger partial charge in [-0.1, -0.05) is 54.8 Å². The lowest BCUT2D eigenvalue weighted by atomic mass is 9.90. The number of anilines is 1. The van der Waals surface area contributed by atoms with Gasteiger partial charge < -0.3 is 21.7 Å². The van der Waals surface area contributed by atoms with E-state index in [4.69, 9.17) is 21.4 Å². The zero-order valence-electron chi connectivity index (χ0n) is 22.3. The Bertz CT molecular complexity index is 1310. The van der Waals surface area contributed by atoms with Gasteiger partial charge in [-0.05, 0) is 43.9 Å². The molecule has 38 heavy (non-hydrogen) atoms. The summed E-state index contributed by atoms with van der Waals surface area (Å²) >= 11 is 0. The van der Waals surface area contributed by atoms with Gasteiger partial charge in [-0.3, -0.25) is 9.69 Å². The van der Waals surface area contributed by atoms with E-state index in [-0.39, 0.29) is 35.8 Å². The minimum Gasteiger partial charge on any atom is -0.370 e. The van der Waals surface area contributed by atoms with Gasteiger partial charge in [-0.2, -0.15) is 0 Å². The Morgan fingerprint density at radius 3 is 2.68 bits per heavy atom. The predicted molar refractivity (Wildman–Crippen MR) is 152 cm³/mol. The van der Waals surface area contributed by atoms with Crippen LogP contribution >= 0.6 is 0 Å². The van der Waals surface area contributed by atoms with Crippen molar-refractivity contribution in [3.05, 3.63) is 65.5 Å². The summed E-state index contributed by atoms with van der Waals surface area (Å²) in [6.07, 6.45) is 4.94. The summed E-state index contributed by atoms with van der Waals surface area (Å²) < 4.78 is 0. The third kappa shape index (κ3) is 5.88. The van der Waals surface area contributed by atoms with E-state index in [9.17, 15) is 4.79 Å². The lowest BCUT2D eigenvalue weighted by molar-refractivity contribution is 0.0723. The van der Waals surface area contributed by atoms with E-state index in [0.717, 1.165) is 68.2 Å². The summed E-state index contributed by atoms with van der Waals surface area (Å²) in [6, 6.07) is 16.6. The van der Waals surface area contributed by atoms with Crippen LogP contribution in [-0.4, -0.2) is 69.9 Å². The molecule has 1 amide bonds. The molecule has 9 nitrogen and oxygen atoms in total. The van der Waals surface area contributed by atoms with E-state index in [1.54, 1.807) is 0 Å². The maximum atomic E-state index is 13.7. The van der Waals surface area contributed by atoms with Crippen molar-refractivity contribution in [1.29, 1.82) is 0 Å². The van der Waals surface area contributed by atoms with E-state index in [2.05, 4.69) is 45.5 Å². The minimum absolute atomic E-state index is 0.0283. The number of benzene rings is 2. The number of hydrogen-bond acceptors (Lipinski definition) is 6. The number of rotatable bonds is 7. The highest BCUT2D eigenvalue weighted by atomic mass is 16.2. The van der Waals surface area contributed by atoms with Crippen molar-refractivity contribution in [3.8, 4) is 0 Å². The first-order valence-corrected chi connectivity index (χ1v) is 13.5. The lowest BCUT2D eigenvalue weighted by Gasteiger charge is -2.30. The third-order valence-corrected chi connectivity index (χ3v) is 7.77. The van der Waals surface area contributed by atoms with E-state index in [1.165, 1.54) is 5.56 Å². The zero-order chi connectivity index (χ0) is 26.6. The number of likely N-dealkylation sites (tertiary alicyclic amines) is 1. The molecule has 3 unspecified atom stereocenters. The molecule has 2 fully saturated rings. The molecule has 1 aliphatic heterocycles. The first-order chi connectivity index (χ1) is 18.4. The number of nitrogens with two attached hydrogens (primary N) is 2. The summed E-state index contributed by atoms with van der Waals surface area (Å²) in [7, 11) is 1.87. The normalized spacial score (nSPS) is 21.8. The minimum atomic E-state index is -0.161. The van der Waals surface area contributed by atoms with Crippen molar-refractivity contribution < 1.29 is 4.79 Å². The second kappa shape index (κ2) is 11.3. The molecule has 1 saturated carbocycles. The SMILES string of the molecule is Cc1ccc2nc(C(=O)N(C)C3CCN(Cc4ccccc4)C3)nc(NC3CCCCC3N=C(N)N)c2c1. The number of carbonyl (C=O) groups excluding carboxylic acids is 1. The summed E-state index contributed by atoms with van der Waals surface area (Å²) in [5.41, 5.74) is 14.6. The van der Waals surface area contributed by atoms with E-state index >= 15 is 0 Å². The molecule has 200 valence electrons. The second-order valence-corrected chi connectivity index (χ2v) is 10.7. The number of carbonyl (C=O) groups is 1. The molecule has 3 aromatic rings. The quantitative estimate of drug-likeness (QED) is 0.326. The standard InChI is InChI=1S/C29H38N8O/c1-19-12-13-23-22(16-19)26(33-24-10-6-7-11-25(24)34-29(30)31)35-27(32-23)28(38)36(2)21-14-15-37(18-21)17-20-8-4-3-5-9-20/h3-5,8-9,12-13,16,21,24-25H,6-7,10-11,14-15,17-18H2,1-2H3,(H4,30,31,34)(H,32,33,35). The molecule has 9 heteroatoms. The van der Waals surface area contributed by atoms with Crippen LogP contribution in [0, 0.1) is 6.92 Å². The van der Waals surface area contributed by atoms with Gasteiger partial charge in [0.05, 0.1) is 17.6 Å². The molecule has 2 heterocycles. The molecule has 5 N–H and O–H groups in total. The van der Waals surface area contributed by atoms with Crippen LogP contribution in [0.25, 0.3) is 10.9 Å². The van der Waals surface area contributed by atoms with Crippen LogP contribution in [0.4, 0.5) is 5.82 Å². The Morgan fingerprint density at radius 2 is 1.89 bits per heavy atom. The van der Waals surface area contributed by atoms with Crippen molar-refractivity contribution in [3.63, 3.8) is 0 Å². The number of aliphatic imine (C=N–C) groups is 1.